The van der Waals surface area contributed by atoms with Crippen LogP contribution in [0.15, 0.2) is 18.2 Å². The maximum absolute atomic E-state index is 13.2. The summed E-state index contributed by atoms with van der Waals surface area (Å²) in [7, 11) is 0. The van der Waals surface area contributed by atoms with E-state index in [-0.39, 0.29) is 35.3 Å². The van der Waals surface area contributed by atoms with Crippen LogP contribution in [-0.2, 0) is 20.4 Å². The number of imide groups is 1. The quantitative estimate of drug-likeness (QED) is 0.780. The lowest BCUT2D eigenvalue weighted by atomic mass is 9.79. The molecule has 0 bridgehead atoms. The van der Waals surface area contributed by atoms with Crippen molar-refractivity contribution >= 4 is 17.9 Å². The highest BCUT2D eigenvalue weighted by Gasteiger charge is 2.41. The number of hydrogen-bond acceptors (Lipinski definition) is 4. The van der Waals surface area contributed by atoms with Crippen LogP contribution in [0.2, 0.25) is 0 Å². The first kappa shape index (κ1) is 20.4. The van der Waals surface area contributed by atoms with Gasteiger partial charge in [0, 0.05) is 18.7 Å². The van der Waals surface area contributed by atoms with Crippen molar-refractivity contribution in [1.82, 2.24) is 9.80 Å². The molecule has 28 heavy (non-hydrogen) atoms. The first-order valence-electron chi connectivity index (χ1n) is 9.82. The van der Waals surface area contributed by atoms with E-state index in [1.807, 2.05) is 12.1 Å². The Hall–Kier alpha value is -2.37. The lowest BCUT2D eigenvalue weighted by Crippen LogP contribution is -2.42. The minimum absolute atomic E-state index is 0.0564. The zero-order valence-corrected chi connectivity index (χ0v) is 17.7. The van der Waals surface area contributed by atoms with Crippen LogP contribution in [-0.4, -0.2) is 53.4 Å². The molecule has 1 aromatic rings. The SMILES string of the molecule is CC(C)(C)c1cc(C(=O)N2CCC(N3C(=O)COC3=O)C2)cc(C(C)(C)C)c1. The minimum Gasteiger partial charge on any atom is -0.439 e. The van der Waals surface area contributed by atoms with Gasteiger partial charge in [-0.1, -0.05) is 47.6 Å². The number of cyclic esters (lactones) is 1. The van der Waals surface area contributed by atoms with Gasteiger partial charge in [-0.15, -0.1) is 0 Å². The summed E-state index contributed by atoms with van der Waals surface area (Å²) in [4.78, 5) is 39.8. The number of nitrogens with zero attached hydrogens (tertiary/aromatic N) is 2. The van der Waals surface area contributed by atoms with Crippen molar-refractivity contribution in [1.29, 1.82) is 0 Å². The summed E-state index contributed by atoms with van der Waals surface area (Å²) in [6.45, 7) is 13.5. The first-order valence-corrected chi connectivity index (χ1v) is 9.82. The van der Waals surface area contributed by atoms with Crippen LogP contribution in [0.5, 0.6) is 0 Å². The lowest BCUT2D eigenvalue weighted by molar-refractivity contribution is -0.127. The Kier molecular flexibility index (Phi) is 5.02. The largest absolute Gasteiger partial charge is 0.439 e. The van der Waals surface area contributed by atoms with Gasteiger partial charge < -0.3 is 9.64 Å². The standard InChI is InChI=1S/C22H30N2O4/c1-21(2,3)15-9-14(10-16(11-15)22(4,5)6)19(26)23-8-7-17(12-23)24-18(25)13-28-20(24)27/h9-11,17H,7-8,12-13H2,1-6H3. The molecule has 0 spiro atoms. The molecular formula is C22H30N2O4. The van der Waals surface area contributed by atoms with E-state index < -0.39 is 6.09 Å². The van der Waals surface area contributed by atoms with Crippen molar-refractivity contribution < 1.29 is 19.1 Å². The fourth-order valence-electron chi connectivity index (χ4n) is 3.65. The molecule has 2 aliphatic rings. The number of likely N-dealkylation sites (tertiary alicyclic amines) is 1. The summed E-state index contributed by atoms with van der Waals surface area (Å²) >= 11 is 0. The number of carbonyl (C=O) groups is 3. The molecule has 6 heteroatoms. The summed E-state index contributed by atoms with van der Waals surface area (Å²) in [6.07, 6.45) is -0.0217. The van der Waals surface area contributed by atoms with Gasteiger partial charge in [0.05, 0.1) is 6.04 Å². The molecule has 0 saturated carbocycles. The normalized spacial score (nSPS) is 20.7. The van der Waals surface area contributed by atoms with Crippen LogP contribution < -0.4 is 0 Å². The van der Waals surface area contributed by atoms with Gasteiger partial charge in [0.25, 0.3) is 11.8 Å². The molecule has 1 unspecified atom stereocenters. The van der Waals surface area contributed by atoms with Crippen molar-refractivity contribution in [3.05, 3.63) is 34.9 Å². The molecule has 1 atom stereocenters. The zero-order chi connectivity index (χ0) is 20.9. The van der Waals surface area contributed by atoms with Gasteiger partial charge in [0.2, 0.25) is 0 Å². The van der Waals surface area contributed by atoms with Crippen molar-refractivity contribution in [2.45, 2.75) is 64.8 Å². The highest BCUT2D eigenvalue weighted by Crippen LogP contribution is 2.31. The van der Waals surface area contributed by atoms with Crippen LogP contribution in [0.1, 0.15) is 69.4 Å². The number of rotatable bonds is 2. The van der Waals surface area contributed by atoms with Gasteiger partial charge in [-0.05, 0) is 40.5 Å². The fraction of sp³-hybridized carbons (Fsp3) is 0.591. The summed E-state index contributed by atoms with van der Waals surface area (Å²) in [5.41, 5.74) is 2.76. The van der Waals surface area contributed by atoms with Crippen LogP contribution in [0, 0.1) is 0 Å². The molecule has 1 aromatic carbocycles. The molecule has 2 fully saturated rings. The van der Waals surface area contributed by atoms with Gasteiger partial charge in [-0.2, -0.15) is 0 Å². The molecule has 0 aliphatic carbocycles. The average Bonchev–Trinajstić information content (AvgIpc) is 3.19. The third kappa shape index (κ3) is 3.91. The number of benzene rings is 1. The summed E-state index contributed by atoms with van der Waals surface area (Å²) in [5, 5.41) is 0. The molecule has 152 valence electrons. The molecule has 3 amide bonds. The number of ether oxygens (including phenoxy) is 1. The topological polar surface area (TPSA) is 66.9 Å². The molecule has 6 nitrogen and oxygen atoms in total. The van der Waals surface area contributed by atoms with Crippen molar-refractivity contribution in [2.24, 2.45) is 0 Å². The average molecular weight is 386 g/mol. The molecule has 0 aromatic heterocycles. The molecule has 2 saturated heterocycles. The minimum atomic E-state index is -0.603. The van der Waals surface area contributed by atoms with Gasteiger partial charge in [-0.25, -0.2) is 9.69 Å². The molecule has 2 aliphatic heterocycles. The highest BCUT2D eigenvalue weighted by molar-refractivity contribution is 5.99. The number of carbonyl (C=O) groups excluding carboxylic acids is 3. The predicted octanol–water partition coefficient (Wildman–Crippen LogP) is 3.47. The molecular weight excluding hydrogens is 356 g/mol. The Morgan fingerprint density at radius 3 is 2.04 bits per heavy atom. The van der Waals surface area contributed by atoms with Crippen LogP contribution in [0.25, 0.3) is 0 Å². The number of amides is 3. The van der Waals surface area contributed by atoms with Gasteiger partial charge in [0.1, 0.15) is 0 Å². The molecule has 3 rings (SSSR count). The highest BCUT2D eigenvalue weighted by atomic mass is 16.6. The predicted molar refractivity (Wildman–Crippen MR) is 106 cm³/mol. The van der Waals surface area contributed by atoms with Crippen molar-refractivity contribution in [3.63, 3.8) is 0 Å². The van der Waals surface area contributed by atoms with Gasteiger partial charge in [0.15, 0.2) is 6.61 Å². The summed E-state index contributed by atoms with van der Waals surface area (Å²) in [6, 6.07) is 5.82. The summed E-state index contributed by atoms with van der Waals surface area (Å²) in [5.74, 6) is -0.381. The lowest BCUT2D eigenvalue weighted by Gasteiger charge is -2.27. The monoisotopic (exact) mass is 386 g/mol. The molecule has 0 N–H and O–H groups in total. The van der Waals surface area contributed by atoms with E-state index in [0.717, 1.165) is 11.1 Å². The Labute approximate surface area is 166 Å². The zero-order valence-electron chi connectivity index (χ0n) is 17.7. The van der Waals surface area contributed by atoms with E-state index in [1.54, 1.807) is 4.90 Å². The van der Waals surface area contributed by atoms with E-state index in [9.17, 15) is 14.4 Å². The van der Waals surface area contributed by atoms with Gasteiger partial charge in [-0.3, -0.25) is 9.59 Å². The maximum atomic E-state index is 13.2. The van der Waals surface area contributed by atoms with Crippen LogP contribution in [0.3, 0.4) is 0 Å². The molecule has 0 radical (unpaired) electrons. The second kappa shape index (κ2) is 6.90. The second-order valence-corrected chi connectivity index (χ2v) is 9.81. The van der Waals surface area contributed by atoms with E-state index in [0.29, 0.717) is 25.1 Å². The third-order valence-corrected chi connectivity index (χ3v) is 5.51. The van der Waals surface area contributed by atoms with E-state index in [2.05, 4.69) is 47.6 Å². The van der Waals surface area contributed by atoms with E-state index in [1.165, 1.54) is 4.90 Å². The van der Waals surface area contributed by atoms with Crippen LogP contribution in [0.4, 0.5) is 4.79 Å². The fourth-order valence-corrected chi connectivity index (χ4v) is 3.65. The maximum Gasteiger partial charge on any atom is 0.417 e. The van der Waals surface area contributed by atoms with Crippen molar-refractivity contribution in [3.8, 4) is 0 Å². The third-order valence-electron chi connectivity index (χ3n) is 5.51. The van der Waals surface area contributed by atoms with Crippen molar-refractivity contribution in [2.75, 3.05) is 19.7 Å². The Balaban J connectivity index is 1.86. The van der Waals surface area contributed by atoms with Crippen LogP contribution >= 0.6 is 0 Å². The summed E-state index contributed by atoms with van der Waals surface area (Å²) < 4.78 is 4.81. The van der Waals surface area contributed by atoms with Gasteiger partial charge >= 0.3 is 6.09 Å². The number of hydrogen-bond donors (Lipinski definition) is 0. The smallest absolute Gasteiger partial charge is 0.417 e. The van der Waals surface area contributed by atoms with E-state index in [4.69, 9.17) is 4.74 Å². The molecule has 2 heterocycles. The Bertz CT molecular complexity index is 769. The Morgan fingerprint density at radius 1 is 1.00 bits per heavy atom. The Morgan fingerprint density at radius 2 is 1.57 bits per heavy atom. The van der Waals surface area contributed by atoms with E-state index >= 15 is 0 Å². The second-order valence-electron chi connectivity index (χ2n) is 9.81. The first-order chi connectivity index (χ1) is 12.9.